The molecule has 0 fully saturated rings. The molecule has 0 aliphatic heterocycles. The quantitative estimate of drug-likeness (QED) is 0.410. The first-order valence-corrected chi connectivity index (χ1v) is 8.99. The Morgan fingerprint density at radius 1 is 0.963 bits per heavy atom. The van der Waals surface area contributed by atoms with Gasteiger partial charge >= 0.3 is 5.63 Å². The number of hydrogen-bond donors (Lipinski definition) is 0. The molecule has 4 aromatic rings. The highest BCUT2D eigenvalue weighted by atomic mass is 35.5. The molecule has 4 heteroatoms. The van der Waals surface area contributed by atoms with Gasteiger partial charge < -0.3 is 9.15 Å². The van der Waals surface area contributed by atoms with E-state index in [0.29, 0.717) is 23.0 Å². The van der Waals surface area contributed by atoms with E-state index in [1.54, 1.807) is 12.1 Å². The van der Waals surface area contributed by atoms with Crippen molar-refractivity contribution in [3.05, 3.63) is 99.4 Å². The van der Waals surface area contributed by atoms with E-state index >= 15 is 0 Å². The topological polar surface area (TPSA) is 39.4 Å². The zero-order chi connectivity index (χ0) is 18.8. The molecule has 0 saturated heterocycles. The molecular weight excluding hydrogens is 360 g/mol. The number of rotatable bonds is 4. The highest BCUT2D eigenvalue weighted by molar-refractivity contribution is 6.33. The van der Waals surface area contributed by atoms with Gasteiger partial charge in [-0.15, -0.1) is 0 Å². The number of hydrogen-bond acceptors (Lipinski definition) is 3. The maximum atomic E-state index is 12.1. The van der Waals surface area contributed by atoms with Gasteiger partial charge in [0.05, 0.1) is 5.02 Å². The molecule has 0 saturated carbocycles. The van der Waals surface area contributed by atoms with Crippen LogP contribution in [-0.4, -0.2) is 0 Å². The summed E-state index contributed by atoms with van der Waals surface area (Å²) < 4.78 is 11.3. The molecule has 0 N–H and O–H groups in total. The van der Waals surface area contributed by atoms with Crippen molar-refractivity contribution in [2.75, 3.05) is 0 Å². The average molecular weight is 377 g/mol. The smallest absolute Gasteiger partial charge is 0.336 e. The minimum Gasteiger partial charge on any atom is -0.487 e. The molecule has 0 aliphatic rings. The second-order valence-corrected chi connectivity index (χ2v) is 6.81. The molecular formula is C23H17ClO3. The van der Waals surface area contributed by atoms with Gasteiger partial charge in [0, 0.05) is 17.5 Å². The summed E-state index contributed by atoms with van der Waals surface area (Å²) in [4.78, 5) is 12.1. The van der Waals surface area contributed by atoms with E-state index in [2.05, 4.69) is 6.07 Å². The molecule has 0 atom stereocenters. The molecule has 3 nitrogen and oxygen atoms in total. The maximum Gasteiger partial charge on any atom is 0.336 e. The minimum atomic E-state index is -0.409. The molecule has 0 spiro atoms. The second kappa shape index (κ2) is 7.29. The van der Waals surface area contributed by atoms with Crippen LogP contribution in [0.2, 0.25) is 5.02 Å². The molecule has 0 unspecified atom stereocenters. The van der Waals surface area contributed by atoms with Crippen LogP contribution >= 0.6 is 11.6 Å². The monoisotopic (exact) mass is 376 g/mol. The van der Waals surface area contributed by atoms with Crippen molar-refractivity contribution in [3.63, 3.8) is 0 Å². The van der Waals surface area contributed by atoms with Gasteiger partial charge in [0.25, 0.3) is 0 Å². The lowest BCUT2D eigenvalue weighted by molar-refractivity contribution is 0.306. The van der Waals surface area contributed by atoms with Gasteiger partial charge in [0.2, 0.25) is 0 Å². The van der Waals surface area contributed by atoms with Gasteiger partial charge in [-0.05, 0) is 29.7 Å². The van der Waals surface area contributed by atoms with Gasteiger partial charge in [-0.3, -0.25) is 0 Å². The van der Waals surface area contributed by atoms with E-state index in [0.717, 1.165) is 22.1 Å². The molecule has 0 bridgehead atoms. The second-order valence-electron chi connectivity index (χ2n) is 6.40. The van der Waals surface area contributed by atoms with E-state index < -0.39 is 5.63 Å². The molecule has 0 aliphatic carbocycles. The van der Waals surface area contributed by atoms with E-state index in [9.17, 15) is 4.79 Å². The summed E-state index contributed by atoms with van der Waals surface area (Å²) in [5, 5.41) is 1.25. The van der Waals surface area contributed by atoms with Crippen LogP contribution in [0, 0.1) is 6.92 Å². The van der Waals surface area contributed by atoms with Crippen LogP contribution in [0.25, 0.3) is 22.1 Å². The number of halogens is 1. The van der Waals surface area contributed by atoms with Crippen LogP contribution in [0.4, 0.5) is 0 Å². The van der Waals surface area contributed by atoms with Gasteiger partial charge in [0.15, 0.2) is 0 Å². The van der Waals surface area contributed by atoms with Crippen molar-refractivity contribution < 1.29 is 9.15 Å². The predicted octanol–water partition coefficient (Wildman–Crippen LogP) is 6.00. The Kier molecular flexibility index (Phi) is 4.69. The zero-order valence-electron chi connectivity index (χ0n) is 14.7. The third-order valence-electron chi connectivity index (χ3n) is 4.36. The fraction of sp³-hybridized carbons (Fsp3) is 0.0870. The Morgan fingerprint density at radius 2 is 1.78 bits per heavy atom. The maximum absolute atomic E-state index is 12.1. The lowest BCUT2D eigenvalue weighted by Crippen LogP contribution is -2.00. The lowest BCUT2D eigenvalue weighted by atomic mass is 10.0. The molecule has 134 valence electrons. The van der Waals surface area contributed by atoms with E-state index in [4.69, 9.17) is 20.8 Å². The number of fused-ring (bicyclic) bond motifs is 1. The SMILES string of the molecule is Cc1cccc(COc2cc3oc(=O)cc(-c4ccccc4)c3cc2Cl)c1. The van der Waals surface area contributed by atoms with Crippen LogP contribution in [0.5, 0.6) is 5.75 Å². The largest absolute Gasteiger partial charge is 0.487 e. The van der Waals surface area contributed by atoms with Crippen molar-refractivity contribution in [2.24, 2.45) is 0 Å². The van der Waals surface area contributed by atoms with Crippen molar-refractivity contribution in [2.45, 2.75) is 13.5 Å². The number of benzene rings is 3. The number of ether oxygens (including phenoxy) is 1. The summed E-state index contributed by atoms with van der Waals surface area (Å²) in [5.41, 5.74) is 3.97. The molecule has 4 rings (SSSR count). The van der Waals surface area contributed by atoms with Crippen LogP contribution in [0.1, 0.15) is 11.1 Å². The van der Waals surface area contributed by atoms with Gasteiger partial charge in [-0.25, -0.2) is 4.79 Å². The molecule has 3 aromatic carbocycles. The van der Waals surface area contributed by atoms with E-state index in [-0.39, 0.29) is 0 Å². The Balaban J connectivity index is 1.74. The first-order valence-electron chi connectivity index (χ1n) is 8.61. The Hall–Kier alpha value is -3.04. The minimum absolute atomic E-state index is 0.384. The molecule has 0 radical (unpaired) electrons. The van der Waals surface area contributed by atoms with E-state index in [1.165, 1.54) is 11.6 Å². The fourth-order valence-corrected chi connectivity index (χ4v) is 3.31. The standard InChI is InChI=1S/C23H17ClO3/c1-15-6-5-7-16(10-15)14-26-22-13-21-19(11-20(22)24)18(12-23(25)27-21)17-8-3-2-4-9-17/h2-13H,14H2,1H3. The van der Waals surface area contributed by atoms with Crippen LogP contribution in [0.15, 0.2) is 82.0 Å². The third-order valence-corrected chi connectivity index (χ3v) is 4.65. The third kappa shape index (κ3) is 3.74. The summed E-state index contributed by atoms with van der Waals surface area (Å²) in [7, 11) is 0. The van der Waals surface area contributed by atoms with Crippen LogP contribution < -0.4 is 10.4 Å². The normalized spacial score (nSPS) is 10.9. The number of aryl methyl sites for hydroxylation is 1. The van der Waals surface area contributed by atoms with Crippen LogP contribution in [-0.2, 0) is 6.61 Å². The van der Waals surface area contributed by atoms with Gasteiger partial charge in [-0.2, -0.15) is 0 Å². The summed E-state index contributed by atoms with van der Waals surface area (Å²) in [6.07, 6.45) is 0. The van der Waals surface area contributed by atoms with Crippen molar-refractivity contribution in [1.29, 1.82) is 0 Å². The average Bonchev–Trinajstić information content (AvgIpc) is 2.67. The summed E-state index contributed by atoms with van der Waals surface area (Å²) in [6.45, 7) is 2.42. The molecule has 1 aromatic heterocycles. The summed E-state index contributed by atoms with van der Waals surface area (Å²) in [5.74, 6) is 0.485. The molecule has 27 heavy (non-hydrogen) atoms. The highest BCUT2D eigenvalue weighted by Crippen LogP contribution is 2.35. The fourth-order valence-electron chi connectivity index (χ4n) is 3.09. The Labute approximate surface area is 161 Å². The van der Waals surface area contributed by atoms with Crippen molar-refractivity contribution in [1.82, 2.24) is 0 Å². The first kappa shape index (κ1) is 17.4. The highest BCUT2D eigenvalue weighted by Gasteiger charge is 2.12. The zero-order valence-corrected chi connectivity index (χ0v) is 15.5. The van der Waals surface area contributed by atoms with Gasteiger partial charge in [0.1, 0.15) is 17.9 Å². The predicted molar refractivity (Wildman–Crippen MR) is 108 cm³/mol. The molecule has 1 heterocycles. The molecule has 0 amide bonds. The summed E-state index contributed by atoms with van der Waals surface area (Å²) in [6, 6.07) is 22.7. The summed E-state index contributed by atoms with van der Waals surface area (Å²) >= 11 is 6.46. The first-order chi connectivity index (χ1) is 13.1. The van der Waals surface area contributed by atoms with E-state index in [1.807, 2.05) is 55.5 Å². The van der Waals surface area contributed by atoms with Crippen molar-refractivity contribution >= 4 is 22.6 Å². The van der Waals surface area contributed by atoms with Crippen molar-refractivity contribution in [3.8, 4) is 16.9 Å². The Morgan fingerprint density at radius 3 is 2.56 bits per heavy atom. The lowest BCUT2D eigenvalue weighted by Gasteiger charge is -2.11. The van der Waals surface area contributed by atoms with Crippen LogP contribution in [0.3, 0.4) is 0 Å². The Bertz CT molecular complexity index is 1160. The van der Waals surface area contributed by atoms with Gasteiger partial charge in [-0.1, -0.05) is 71.8 Å².